The Kier molecular flexibility index (Phi) is 5.89. The van der Waals surface area contributed by atoms with Crippen molar-refractivity contribution in [2.45, 2.75) is 13.5 Å². The van der Waals surface area contributed by atoms with Crippen LogP contribution in [0.25, 0.3) is 17.0 Å². The van der Waals surface area contributed by atoms with Gasteiger partial charge in [-0.2, -0.15) is 0 Å². The SMILES string of the molecule is COc1cc(/C=C/C(=O)NCc2ccc3[nH]c(C)cc3c2)cc(OC)c1OC. The number of aromatic amines is 1. The number of hydrogen-bond donors (Lipinski definition) is 2. The maximum atomic E-state index is 12.2. The first-order valence-corrected chi connectivity index (χ1v) is 8.88. The molecule has 6 heteroatoms. The zero-order valence-corrected chi connectivity index (χ0v) is 16.5. The zero-order chi connectivity index (χ0) is 20.1. The number of ether oxygens (including phenoxy) is 3. The molecule has 146 valence electrons. The molecule has 0 aliphatic rings. The Balaban J connectivity index is 1.67. The van der Waals surface area contributed by atoms with Gasteiger partial charge in [-0.05, 0) is 59.8 Å². The van der Waals surface area contributed by atoms with Crippen LogP contribution < -0.4 is 19.5 Å². The van der Waals surface area contributed by atoms with Crippen molar-refractivity contribution in [1.82, 2.24) is 10.3 Å². The summed E-state index contributed by atoms with van der Waals surface area (Å²) >= 11 is 0. The van der Waals surface area contributed by atoms with Gasteiger partial charge in [0.2, 0.25) is 11.7 Å². The molecule has 0 unspecified atom stereocenters. The van der Waals surface area contributed by atoms with Crippen LogP contribution in [0.3, 0.4) is 0 Å². The number of fused-ring (bicyclic) bond motifs is 1. The van der Waals surface area contributed by atoms with E-state index in [1.54, 1.807) is 39.5 Å². The first-order chi connectivity index (χ1) is 13.5. The molecule has 0 saturated carbocycles. The van der Waals surface area contributed by atoms with Crippen LogP contribution >= 0.6 is 0 Å². The highest BCUT2D eigenvalue weighted by atomic mass is 16.5. The van der Waals surface area contributed by atoms with E-state index in [-0.39, 0.29) is 5.91 Å². The van der Waals surface area contributed by atoms with Gasteiger partial charge in [0.1, 0.15) is 0 Å². The molecule has 0 radical (unpaired) electrons. The number of rotatable bonds is 7. The largest absolute Gasteiger partial charge is 0.493 e. The van der Waals surface area contributed by atoms with Gasteiger partial charge in [0.15, 0.2) is 11.5 Å². The van der Waals surface area contributed by atoms with Crippen molar-refractivity contribution in [3.05, 3.63) is 59.3 Å². The second-order valence-electron chi connectivity index (χ2n) is 6.38. The lowest BCUT2D eigenvalue weighted by Gasteiger charge is -2.12. The zero-order valence-electron chi connectivity index (χ0n) is 16.5. The molecule has 2 N–H and O–H groups in total. The third-order valence-electron chi connectivity index (χ3n) is 4.40. The lowest BCUT2D eigenvalue weighted by molar-refractivity contribution is -0.116. The molecular formula is C22H24N2O4. The van der Waals surface area contributed by atoms with Gasteiger partial charge in [-0.25, -0.2) is 0 Å². The smallest absolute Gasteiger partial charge is 0.244 e. The van der Waals surface area contributed by atoms with Gasteiger partial charge < -0.3 is 24.5 Å². The van der Waals surface area contributed by atoms with E-state index >= 15 is 0 Å². The van der Waals surface area contributed by atoms with Crippen LogP contribution in [-0.2, 0) is 11.3 Å². The van der Waals surface area contributed by atoms with Crippen LogP contribution in [0.2, 0.25) is 0 Å². The highest BCUT2D eigenvalue weighted by Crippen LogP contribution is 2.38. The van der Waals surface area contributed by atoms with Gasteiger partial charge in [0, 0.05) is 23.8 Å². The van der Waals surface area contributed by atoms with Gasteiger partial charge in [0.25, 0.3) is 0 Å². The minimum Gasteiger partial charge on any atom is -0.493 e. The number of amides is 1. The van der Waals surface area contributed by atoms with E-state index in [9.17, 15) is 4.79 Å². The molecule has 0 atom stereocenters. The second kappa shape index (κ2) is 8.52. The van der Waals surface area contributed by atoms with Crippen LogP contribution in [0, 0.1) is 6.92 Å². The Labute approximate surface area is 164 Å². The molecule has 6 nitrogen and oxygen atoms in total. The topological polar surface area (TPSA) is 72.6 Å². The fourth-order valence-corrected chi connectivity index (χ4v) is 3.05. The summed E-state index contributed by atoms with van der Waals surface area (Å²) in [7, 11) is 4.66. The predicted molar refractivity (Wildman–Crippen MR) is 110 cm³/mol. The molecule has 3 aromatic rings. The minimum atomic E-state index is -0.181. The molecular weight excluding hydrogens is 356 g/mol. The van der Waals surface area contributed by atoms with E-state index < -0.39 is 0 Å². The summed E-state index contributed by atoms with van der Waals surface area (Å²) in [6.07, 6.45) is 3.19. The number of methoxy groups -OCH3 is 3. The molecule has 28 heavy (non-hydrogen) atoms. The summed E-state index contributed by atoms with van der Waals surface area (Å²) in [6, 6.07) is 11.8. The van der Waals surface area contributed by atoms with Gasteiger partial charge >= 0.3 is 0 Å². The molecule has 3 rings (SSSR count). The van der Waals surface area contributed by atoms with Gasteiger partial charge in [-0.15, -0.1) is 0 Å². The monoisotopic (exact) mass is 380 g/mol. The summed E-state index contributed by atoms with van der Waals surface area (Å²) in [4.78, 5) is 15.5. The lowest BCUT2D eigenvalue weighted by Crippen LogP contribution is -2.20. The van der Waals surface area contributed by atoms with E-state index in [2.05, 4.69) is 22.4 Å². The highest BCUT2D eigenvalue weighted by molar-refractivity contribution is 5.92. The van der Waals surface area contributed by atoms with Crippen molar-refractivity contribution < 1.29 is 19.0 Å². The predicted octanol–water partition coefficient (Wildman–Crippen LogP) is 3.83. The van der Waals surface area contributed by atoms with Gasteiger partial charge in [0.05, 0.1) is 21.3 Å². The molecule has 0 aliphatic carbocycles. The fraction of sp³-hybridized carbons (Fsp3) is 0.227. The molecule has 2 aromatic carbocycles. The average Bonchev–Trinajstić information content (AvgIpc) is 3.08. The summed E-state index contributed by atoms with van der Waals surface area (Å²) in [5, 5.41) is 4.03. The number of H-pyrrole nitrogens is 1. The van der Waals surface area contributed by atoms with Crippen molar-refractivity contribution in [1.29, 1.82) is 0 Å². The maximum absolute atomic E-state index is 12.2. The maximum Gasteiger partial charge on any atom is 0.244 e. The van der Waals surface area contributed by atoms with Crippen LogP contribution in [0.15, 0.2) is 42.5 Å². The summed E-state index contributed by atoms with van der Waals surface area (Å²) in [5.74, 6) is 1.41. The number of benzene rings is 2. The van der Waals surface area contributed by atoms with E-state index in [1.807, 2.05) is 19.1 Å². The van der Waals surface area contributed by atoms with Crippen molar-refractivity contribution in [2.75, 3.05) is 21.3 Å². The van der Waals surface area contributed by atoms with Crippen LogP contribution in [-0.4, -0.2) is 32.2 Å². The second-order valence-corrected chi connectivity index (χ2v) is 6.38. The Morgan fingerprint density at radius 1 is 1.04 bits per heavy atom. The first kappa shape index (κ1) is 19.4. The molecule has 0 saturated heterocycles. The number of carbonyl (C=O) groups is 1. The fourth-order valence-electron chi connectivity index (χ4n) is 3.05. The summed E-state index contributed by atoms with van der Waals surface area (Å²) in [5.41, 5.74) is 4.02. The van der Waals surface area contributed by atoms with Crippen LogP contribution in [0.4, 0.5) is 0 Å². The van der Waals surface area contributed by atoms with Crippen LogP contribution in [0.1, 0.15) is 16.8 Å². The van der Waals surface area contributed by atoms with Gasteiger partial charge in [-0.3, -0.25) is 4.79 Å². The standard InChI is InChI=1S/C22H24N2O4/c1-14-9-17-10-16(5-7-18(17)24-14)13-23-21(25)8-6-15-11-19(26-2)22(28-4)20(12-15)27-3/h5-12,24H,13H2,1-4H3,(H,23,25)/b8-6+. The van der Waals surface area contributed by atoms with E-state index in [4.69, 9.17) is 14.2 Å². The normalized spacial score (nSPS) is 11.0. The third kappa shape index (κ3) is 4.28. The Bertz CT molecular complexity index is 996. The quantitative estimate of drug-likeness (QED) is 0.611. The van der Waals surface area contributed by atoms with Crippen molar-refractivity contribution >= 4 is 22.9 Å². The number of aromatic nitrogens is 1. The van der Waals surface area contributed by atoms with E-state index in [0.29, 0.717) is 23.8 Å². The Hall–Kier alpha value is -3.41. The van der Waals surface area contributed by atoms with Crippen molar-refractivity contribution in [3.8, 4) is 17.2 Å². The molecule has 1 amide bonds. The van der Waals surface area contributed by atoms with Crippen molar-refractivity contribution in [3.63, 3.8) is 0 Å². The molecule has 1 aromatic heterocycles. The molecule has 0 bridgehead atoms. The first-order valence-electron chi connectivity index (χ1n) is 8.88. The summed E-state index contributed by atoms with van der Waals surface area (Å²) in [6.45, 7) is 2.48. The minimum absolute atomic E-state index is 0.181. The lowest BCUT2D eigenvalue weighted by atomic mass is 10.1. The van der Waals surface area contributed by atoms with Crippen LogP contribution in [0.5, 0.6) is 17.2 Å². The average molecular weight is 380 g/mol. The van der Waals surface area contributed by atoms with E-state index in [0.717, 1.165) is 27.7 Å². The van der Waals surface area contributed by atoms with Crippen molar-refractivity contribution in [2.24, 2.45) is 0 Å². The molecule has 0 spiro atoms. The molecule has 0 fully saturated rings. The number of aryl methyl sites for hydroxylation is 1. The highest BCUT2D eigenvalue weighted by Gasteiger charge is 2.12. The molecule has 0 aliphatic heterocycles. The third-order valence-corrected chi connectivity index (χ3v) is 4.40. The number of nitrogens with one attached hydrogen (secondary N) is 2. The Morgan fingerprint density at radius 3 is 2.39 bits per heavy atom. The number of carbonyl (C=O) groups excluding carboxylic acids is 1. The summed E-state index contributed by atoms with van der Waals surface area (Å²) < 4.78 is 16.0. The Morgan fingerprint density at radius 2 is 1.75 bits per heavy atom. The van der Waals surface area contributed by atoms with E-state index in [1.165, 1.54) is 6.08 Å². The van der Waals surface area contributed by atoms with Gasteiger partial charge in [-0.1, -0.05) is 6.07 Å². The molecule has 1 heterocycles. The number of hydrogen-bond acceptors (Lipinski definition) is 4.